The van der Waals surface area contributed by atoms with Gasteiger partial charge in [-0.2, -0.15) is 0 Å². The summed E-state index contributed by atoms with van der Waals surface area (Å²) in [4.78, 5) is 3.74. The summed E-state index contributed by atoms with van der Waals surface area (Å²) in [6.07, 6.45) is 0. The molecule has 0 aliphatic rings. The second kappa shape index (κ2) is 2.51. The highest BCUT2D eigenvalue weighted by molar-refractivity contribution is 5.26. The van der Waals surface area contributed by atoms with Crippen molar-refractivity contribution in [3.63, 3.8) is 0 Å². The van der Waals surface area contributed by atoms with Gasteiger partial charge in [0.2, 0.25) is 0 Å². The third-order valence-electron chi connectivity index (χ3n) is 1.09. The van der Waals surface area contributed by atoms with Crippen molar-refractivity contribution in [2.75, 3.05) is 0 Å². The second-order valence-corrected chi connectivity index (χ2v) is 1.90. The van der Waals surface area contributed by atoms with Crippen molar-refractivity contribution in [1.29, 1.82) is 0 Å². The molecule has 0 fully saturated rings. The Kier molecular flexibility index (Phi) is 1.70. The molecule has 0 aliphatic carbocycles. The van der Waals surface area contributed by atoms with Crippen LogP contribution in [0.1, 0.15) is 5.56 Å². The quantitative estimate of drug-likeness (QED) is 0.413. The van der Waals surface area contributed by atoms with E-state index < -0.39 is 0 Å². The lowest BCUT2D eigenvalue weighted by Gasteiger charge is -1.92. The molecule has 0 aromatic heterocycles. The zero-order valence-corrected chi connectivity index (χ0v) is 5.13. The minimum atomic E-state index is 0.370. The van der Waals surface area contributed by atoms with E-state index in [9.17, 15) is 5.26 Å². The third-order valence-corrected chi connectivity index (χ3v) is 1.09. The minimum absolute atomic E-state index is 0.370. The lowest BCUT2D eigenvalue weighted by atomic mass is 10.2. The van der Waals surface area contributed by atoms with Crippen molar-refractivity contribution in [2.24, 2.45) is 0 Å². The van der Waals surface area contributed by atoms with Crippen LogP contribution < -0.4 is 4.89 Å². The van der Waals surface area contributed by atoms with Crippen molar-refractivity contribution in [2.45, 2.75) is 6.92 Å². The monoisotopic (exact) mass is 123 g/mol. The van der Waals surface area contributed by atoms with E-state index in [1.165, 1.54) is 0 Å². The maximum absolute atomic E-state index is 9.78. The zero-order valence-electron chi connectivity index (χ0n) is 5.13. The number of rotatable bonds is 1. The maximum atomic E-state index is 9.78. The van der Waals surface area contributed by atoms with Crippen molar-refractivity contribution < 1.29 is 10.1 Å². The molecule has 0 spiro atoms. The number of hydrogen-bond donors (Lipinski definition) is 0. The summed E-state index contributed by atoms with van der Waals surface area (Å²) in [5.74, 6) is 0.370. The highest BCUT2D eigenvalue weighted by Crippen LogP contribution is 2.10. The van der Waals surface area contributed by atoms with E-state index in [-0.39, 0.29) is 0 Å². The van der Waals surface area contributed by atoms with Crippen molar-refractivity contribution in [3.05, 3.63) is 29.8 Å². The molecular weight excluding hydrogens is 116 g/mol. The SMILES string of the molecule is Cc1cccc(O[O])c1. The number of benzene rings is 1. The van der Waals surface area contributed by atoms with Gasteiger partial charge >= 0.3 is 0 Å². The Morgan fingerprint density at radius 1 is 1.44 bits per heavy atom. The predicted molar refractivity (Wildman–Crippen MR) is 32.5 cm³/mol. The molecule has 1 radical (unpaired) electrons. The predicted octanol–water partition coefficient (Wildman–Crippen LogP) is 1.72. The maximum Gasteiger partial charge on any atom is 0.169 e. The van der Waals surface area contributed by atoms with Crippen molar-refractivity contribution >= 4 is 0 Å². The molecule has 0 saturated carbocycles. The van der Waals surface area contributed by atoms with Crippen LogP contribution in [0.4, 0.5) is 0 Å². The first-order valence-corrected chi connectivity index (χ1v) is 2.69. The normalized spacial score (nSPS) is 9.11. The second-order valence-electron chi connectivity index (χ2n) is 1.90. The van der Waals surface area contributed by atoms with Crippen LogP contribution in [0.3, 0.4) is 0 Å². The van der Waals surface area contributed by atoms with Gasteiger partial charge < -0.3 is 4.89 Å². The molecule has 0 N–H and O–H groups in total. The average Bonchev–Trinajstić information content (AvgIpc) is 1.88. The fourth-order valence-corrected chi connectivity index (χ4v) is 0.667. The summed E-state index contributed by atoms with van der Waals surface area (Å²) in [6.45, 7) is 1.91. The first-order valence-electron chi connectivity index (χ1n) is 2.69. The average molecular weight is 123 g/mol. The lowest BCUT2D eigenvalue weighted by Crippen LogP contribution is -1.80. The van der Waals surface area contributed by atoms with Crippen LogP contribution in [0.5, 0.6) is 5.75 Å². The number of aryl methyl sites for hydroxylation is 1. The van der Waals surface area contributed by atoms with Gasteiger partial charge in [0.25, 0.3) is 0 Å². The van der Waals surface area contributed by atoms with Gasteiger partial charge in [-0.15, -0.1) is 0 Å². The van der Waals surface area contributed by atoms with E-state index in [2.05, 4.69) is 4.89 Å². The molecule has 0 saturated heterocycles. The fourth-order valence-electron chi connectivity index (χ4n) is 0.667. The Morgan fingerprint density at radius 3 is 2.67 bits per heavy atom. The molecule has 47 valence electrons. The van der Waals surface area contributed by atoms with E-state index in [4.69, 9.17) is 0 Å². The van der Waals surface area contributed by atoms with Crippen LogP contribution >= 0.6 is 0 Å². The Hall–Kier alpha value is -1.02. The summed E-state index contributed by atoms with van der Waals surface area (Å²) >= 11 is 0. The first-order chi connectivity index (χ1) is 4.33. The summed E-state index contributed by atoms with van der Waals surface area (Å²) in [5.41, 5.74) is 1.03. The molecule has 9 heavy (non-hydrogen) atoms. The molecule has 1 aromatic rings. The standard InChI is InChI=1S/C7H7O2/c1-6-3-2-4-7(5-6)9-8/h2-5H,1H3. The Labute approximate surface area is 53.6 Å². The number of hydrogen-bond acceptors (Lipinski definition) is 1. The molecule has 0 bridgehead atoms. The fraction of sp³-hybridized carbons (Fsp3) is 0.143. The minimum Gasteiger partial charge on any atom is -0.305 e. The third kappa shape index (κ3) is 1.44. The van der Waals surface area contributed by atoms with Gasteiger partial charge in [-0.1, -0.05) is 12.1 Å². The molecule has 2 heteroatoms. The smallest absolute Gasteiger partial charge is 0.169 e. The molecule has 1 aromatic carbocycles. The Bertz CT molecular complexity index is 196. The van der Waals surface area contributed by atoms with Crippen LogP contribution in [0.25, 0.3) is 0 Å². The largest absolute Gasteiger partial charge is 0.305 e. The summed E-state index contributed by atoms with van der Waals surface area (Å²) in [5, 5.41) is 9.78. The van der Waals surface area contributed by atoms with Crippen LogP contribution in [0.2, 0.25) is 0 Å². The Morgan fingerprint density at radius 2 is 2.22 bits per heavy atom. The van der Waals surface area contributed by atoms with Gasteiger partial charge in [0.1, 0.15) is 0 Å². The molecule has 0 aliphatic heterocycles. The van der Waals surface area contributed by atoms with Gasteiger partial charge in [0.15, 0.2) is 5.75 Å². The van der Waals surface area contributed by atoms with Crippen molar-refractivity contribution in [3.8, 4) is 5.75 Å². The van der Waals surface area contributed by atoms with Gasteiger partial charge in [0.05, 0.1) is 0 Å². The molecule has 2 nitrogen and oxygen atoms in total. The molecule has 1 rings (SSSR count). The van der Waals surface area contributed by atoms with E-state index in [1.54, 1.807) is 18.2 Å². The van der Waals surface area contributed by atoms with Crippen LogP contribution in [0.15, 0.2) is 24.3 Å². The molecular formula is C7H7O2. The first kappa shape index (κ1) is 6.11. The van der Waals surface area contributed by atoms with Crippen LogP contribution in [-0.2, 0) is 5.26 Å². The van der Waals surface area contributed by atoms with Gasteiger partial charge in [-0.3, -0.25) is 0 Å². The molecule has 0 unspecified atom stereocenters. The summed E-state index contributed by atoms with van der Waals surface area (Å²) < 4.78 is 0. The Balaban J connectivity index is 2.94. The van der Waals surface area contributed by atoms with Crippen LogP contribution in [-0.4, -0.2) is 0 Å². The van der Waals surface area contributed by atoms with E-state index in [1.807, 2.05) is 13.0 Å². The van der Waals surface area contributed by atoms with E-state index in [0.29, 0.717) is 5.75 Å². The molecule has 0 amide bonds. The van der Waals surface area contributed by atoms with Crippen molar-refractivity contribution in [1.82, 2.24) is 0 Å². The topological polar surface area (TPSA) is 29.1 Å². The van der Waals surface area contributed by atoms with E-state index in [0.717, 1.165) is 5.56 Å². The van der Waals surface area contributed by atoms with E-state index >= 15 is 0 Å². The zero-order chi connectivity index (χ0) is 6.69. The van der Waals surface area contributed by atoms with Gasteiger partial charge in [-0.05, 0) is 24.6 Å². The highest BCUT2D eigenvalue weighted by atomic mass is 17.1. The van der Waals surface area contributed by atoms with Gasteiger partial charge in [0, 0.05) is 5.26 Å². The summed E-state index contributed by atoms with van der Waals surface area (Å²) in [6, 6.07) is 7.00. The lowest BCUT2D eigenvalue weighted by molar-refractivity contribution is -0.208. The molecule has 0 atom stereocenters. The highest BCUT2D eigenvalue weighted by Gasteiger charge is 1.89. The summed E-state index contributed by atoms with van der Waals surface area (Å²) in [7, 11) is 0. The molecule has 0 heterocycles. The van der Waals surface area contributed by atoms with Gasteiger partial charge in [-0.25, -0.2) is 0 Å². The van der Waals surface area contributed by atoms with Crippen LogP contribution in [0, 0.1) is 6.92 Å².